The maximum atomic E-state index is 6.38. The van der Waals surface area contributed by atoms with Crippen LogP contribution in [0.2, 0.25) is 0 Å². The lowest BCUT2D eigenvalue weighted by Gasteiger charge is -2.12. The molecular formula is C34H21BrO. The molecule has 0 aliphatic rings. The second-order valence-electron chi connectivity index (χ2n) is 9.11. The first kappa shape index (κ1) is 21.2. The van der Waals surface area contributed by atoms with E-state index in [1.165, 1.54) is 38.4 Å². The molecule has 1 nitrogen and oxygen atoms in total. The van der Waals surface area contributed by atoms with Crippen molar-refractivity contribution in [3.05, 3.63) is 132 Å². The Morgan fingerprint density at radius 2 is 0.972 bits per heavy atom. The van der Waals surface area contributed by atoms with E-state index >= 15 is 0 Å². The van der Waals surface area contributed by atoms with Gasteiger partial charge in [-0.15, -0.1) is 0 Å². The first-order chi connectivity index (χ1) is 17.8. The molecule has 0 bridgehead atoms. The standard InChI is InChI=1S/C34H21BrO/c35-27-15-11-24(12-16-27)32-21-36-34-31-20-26(23-9-5-2-6-10-23)14-18-29(31)28-17-13-25(19-30(28)33(32)34)22-7-3-1-4-8-22/h1-21H. The van der Waals surface area contributed by atoms with Crippen LogP contribution in [0.4, 0.5) is 0 Å². The summed E-state index contributed by atoms with van der Waals surface area (Å²) >= 11 is 3.57. The normalized spacial score (nSPS) is 11.5. The molecule has 0 N–H and O–H groups in total. The minimum absolute atomic E-state index is 0.929. The van der Waals surface area contributed by atoms with E-state index in [4.69, 9.17) is 4.42 Å². The maximum Gasteiger partial charge on any atom is 0.142 e. The molecule has 170 valence electrons. The van der Waals surface area contributed by atoms with Crippen molar-refractivity contribution >= 4 is 48.4 Å². The van der Waals surface area contributed by atoms with Gasteiger partial charge in [0.15, 0.2) is 0 Å². The van der Waals surface area contributed by atoms with E-state index in [0.717, 1.165) is 32.0 Å². The van der Waals surface area contributed by atoms with Crippen molar-refractivity contribution in [1.82, 2.24) is 0 Å². The van der Waals surface area contributed by atoms with Gasteiger partial charge in [0, 0.05) is 20.8 Å². The van der Waals surface area contributed by atoms with Gasteiger partial charge in [0.2, 0.25) is 0 Å². The number of hydrogen-bond donors (Lipinski definition) is 0. The lowest BCUT2D eigenvalue weighted by molar-refractivity contribution is 0.620. The Bertz CT molecular complexity index is 1860. The number of rotatable bonds is 3. The van der Waals surface area contributed by atoms with Crippen molar-refractivity contribution in [1.29, 1.82) is 0 Å². The van der Waals surface area contributed by atoms with Crippen molar-refractivity contribution in [3.8, 4) is 33.4 Å². The summed E-state index contributed by atoms with van der Waals surface area (Å²) in [6, 6.07) is 43.1. The van der Waals surface area contributed by atoms with Gasteiger partial charge in [0.05, 0.1) is 6.26 Å². The molecule has 0 radical (unpaired) electrons. The predicted octanol–water partition coefficient (Wildman–Crippen LogP) is 10.5. The summed E-state index contributed by atoms with van der Waals surface area (Å²) in [6.45, 7) is 0. The van der Waals surface area contributed by atoms with Gasteiger partial charge in [-0.2, -0.15) is 0 Å². The summed E-state index contributed by atoms with van der Waals surface area (Å²) in [7, 11) is 0. The monoisotopic (exact) mass is 524 g/mol. The zero-order valence-electron chi connectivity index (χ0n) is 19.4. The lowest BCUT2D eigenvalue weighted by atomic mass is 9.91. The minimum Gasteiger partial charge on any atom is -0.463 e. The van der Waals surface area contributed by atoms with Gasteiger partial charge in [-0.3, -0.25) is 0 Å². The highest BCUT2D eigenvalue weighted by Crippen LogP contribution is 2.43. The van der Waals surface area contributed by atoms with Crippen molar-refractivity contribution < 1.29 is 4.42 Å². The molecule has 0 atom stereocenters. The second kappa shape index (κ2) is 8.51. The van der Waals surface area contributed by atoms with E-state index < -0.39 is 0 Å². The summed E-state index contributed by atoms with van der Waals surface area (Å²) in [6.07, 6.45) is 1.91. The van der Waals surface area contributed by atoms with Crippen molar-refractivity contribution in [2.24, 2.45) is 0 Å². The Morgan fingerprint density at radius 3 is 1.58 bits per heavy atom. The molecule has 0 saturated heterocycles. The largest absolute Gasteiger partial charge is 0.463 e. The van der Waals surface area contributed by atoms with Crippen molar-refractivity contribution in [2.75, 3.05) is 0 Å². The molecule has 0 aliphatic heterocycles. The van der Waals surface area contributed by atoms with E-state index in [9.17, 15) is 0 Å². The molecule has 0 aliphatic carbocycles. The minimum atomic E-state index is 0.929. The van der Waals surface area contributed by atoms with Gasteiger partial charge >= 0.3 is 0 Å². The lowest BCUT2D eigenvalue weighted by Crippen LogP contribution is -1.86. The Morgan fingerprint density at radius 1 is 0.444 bits per heavy atom. The summed E-state index contributed by atoms with van der Waals surface area (Å²) in [5.74, 6) is 0. The Kier molecular flexibility index (Phi) is 5.00. The van der Waals surface area contributed by atoms with Crippen LogP contribution in [-0.2, 0) is 0 Å². The molecular weight excluding hydrogens is 504 g/mol. The van der Waals surface area contributed by atoms with Crippen LogP contribution in [0.1, 0.15) is 0 Å². The van der Waals surface area contributed by atoms with Crippen LogP contribution in [0.15, 0.2) is 136 Å². The van der Waals surface area contributed by atoms with Gasteiger partial charge in [0.25, 0.3) is 0 Å². The van der Waals surface area contributed by atoms with Gasteiger partial charge < -0.3 is 4.42 Å². The third-order valence-corrected chi connectivity index (χ3v) is 7.53. The number of fused-ring (bicyclic) bond motifs is 6. The molecule has 36 heavy (non-hydrogen) atoms. The van der Waals surface area contributed by atoms with Crippen LogP contribution < -0.4 is 0 Å². The Labute approximate surface area is 217 Å². The van der Waals surface area contributed by atoms with Crippen LogP contribution in [0.25, 0.3) is 65.9 Å². The summed E-state index contributed by atoms with van der Waals surface area (Å²) in [4.78, 5) is 0. The first-order valence-corrected chi connectivity index (χ1v) is 12.8. The highest BCUT2D eigenvalue weighted by molar-refractivity contribution is 9.10. The fraction of sp³-hybridized carbons (Fsp3) is 0. The number of hydrogen-bond acceptors (Lipinski definition) is 1. The zero-order valence-corrected chi connectivity index (χ0v) is 21.0. The van der Waals surface area contributed by atoms with Gasteiger partial charge in [0.1, 0.15) is 5.58 Å². The molecule has 6 aromatic carbocycles. The zero-order chi connectivity index (χ0) is 24.1. The fourth-order valence-electron chi connectivity index (χ4n) is 5.24. The molecule has 0 fully saturated rings. The summed E-state index contributed by atoms with van der Waals surface area (Å²) in [5, 5.41) is 5.93. The highest BCUT2D eigenvalue weighted by atomic mass is 79.9. The van der Waals surface area contributed by atoms with Crippen LogP contribution in [-0.4, -0.2) is 0 Å². The van der Waals surface area contributed by atoms with E-state index in [0.29, 0.717) is 0 Å². The van der Waals surface area contributed by atoms with Crippen LogP contribution in [0, 0.1) is 0 Å². The average Bonchev–Trinajstić information content (AvgIpc) is 3.40. The van der Waals surface area contributed by atoms with Gasteiger partial charge in [-0.05, 0) is 68.2 Å². The fourth-order valence-corrected chi connectivity index (χ4v) is 5.50. The number of halogens is 1. The first-order valence-electron chi connectivity index (χ1n) is 12.0. The van der Waals surface area contributed by atoms with Gasteiger partial charge in [-0.1, -0.05) is 113 Å². The third kappa shape index (κ3) is 3.45. The predicted molar refractivity (Wildman–Crippen MR) is 155 cm³/mol. The molecule has 2 heteroatoms. The van der Waals surface area contributed by atoms with Crippen molar-refractivity contribution in [2.45, 2.75) is 0 Å². The van der Waals surface area contributed by atoms with Crippen LogP contribution in [0.3, 0.4) is 0 Å². The highest BCUT2D eigenvalue weighted by Gasteiger charge is 2.18. The third-order valence-electron chi connectivity index (χ3n) is 7.00. The molecule has 0 saturated carbocycles. The summed E-state index contributed by atoms with van der Waals surface area (Å²) in [5.41, 5.74) is 7.98. The second-order valence-corrected chi connectivity index (χ2v) is 10.0. The van der Waals surface area contributed by atoms with E-state index in [1.807, 2.05) is 6.26 Å². The smallest absolute Gasteiger partial charge is 0.142 e. The molecule has 1 aromatic heterocycles. The molecule has 0 spiro atoms. The number of benzene rings is 6. The number of furan rings is 1. The Hall–Kier alpha value is -4.14. The maximum absolute atomic E-state index is 6.38. The van der Waals surface area contributed by atoms with E-state index in [2.05, 4.69) is 137 Å². The van der Waals surface area contributed by atoms with Crippen molar-refractivity contribution in [3.63, 3.8) is 0 Å². The average molecular weight is 525 g/mol. The molecule has 0 unspecified atom stereocenters. The SMILES string of the molecule is Brc1ccc(-c2coc3c4cc(-c5ccccc5)ccc4c4ccc(-c5ccccc5)cc4c23)cc1. The molecule has 1 heterocycles. The van der Waals surface area contributed by atoms with E-state index in [1.54, 1.807) is 0 Å². The topological polar surface area (TPSA) is 13.1 Å². The van der Waals surface area contributed by atoms with E-state index in [-0.39, 0.29) is 0 Å². The van der Waals surface area contributed by atoms with Crippen LogP contribution >= 0.6 is 15.9 Å². The van der Waals surface area contributed by atoms with Crippen LogP contribution in [0.5, 0.6) is 0 Å². The van der Waals surface area contributed by atoms with Gasteiger partial charge in [-0.25, -0.2) is 0 Å². The quantitative estimate of drug-likeness (QED) is 0.209. The molecule has 0 amide bonds. The molecule has 7 aromatic rings. The Balaban J connectivity index is 1.59. The molecule has 7 rings (SSSR count). The summed E-state index contributed by atoms with van der Waals surface area (Å²) < 4.78 is 7.44.